The van der Waals surface area contributed by atoms with E-state index >= 15 is 0 Å². The predicted molar refractivity (Wildman–Crippen MR) is 92.0 cm³/mol. The van der Waals surface area contributed by atoms with Crippen molar-refractivity contribution in [3.05, 3.63) is 28.8 Å². The van der Waals surface area contributed by atoms with Gasteiger partial charge < -0.3 is 13.8 Å². The van der Waals surface area contributed by atoms with Crippen LogP contribution in [0, 0.1) is 6.92 Å². The predicted octanol–water partition coefficient (Wildman–Crippen LogP) is 3.56. The van der Waals surface area contributed by atoms with E-state index in [0.717, 1.165) is 5.56 Å². The lowest BCUT2D eigenvalue weighted by Crippen LogP contribution is -2.38. The molecule has 0 saturated heterocycles. The SMILES string of the molecule is Cc1cc2c(cc1OS(=O)(=O)C(F)(F)F)CCN(C(=O)OC(C)(C)C)CC2. The Hall–Kier alpha value is -1.97. The molecule has 0 N–H and O–H groups in total. The minimum absolute atomic E-state index is 0.271. The second-order valence-electron chi connectivity index (χ2n) is 7.34. The molecular weight excluding hydrogens is 387 g/mol. The van der Waals surface area contributed by atoms with E-state index in [1.165, 1.54) is 17.9 Å². The molecule has 0 bridgehead atoms. The van der Waals surface area contributed by atoms with Gasteiger partial charge in [-0.15, -0.1) is 0 Å². The second kappa shape index (κ2) is 7.21. The summed E-state index contributed by atoms with van der Waals surface area (Å²) < 4.78 is 69.8. The van der Waals surface area contributed by atoms with E-state index in [1.54, 1.807) is 26.8 Å². The number of hydrogen-bond acceptors (Lipinski definition) is 5. The summed E-state index contributed by atoms with van der Waals surface area (Å²) in [6.07, 6.45) is 0.349. The number of benzene rings is 1. The number of carbonyl (C=O) groups is 1. The van der Waals surface area contributed by atoms with Crippen LogP contribution in [0.25, 0.3) is 0 Å². The van der Waals surface area contributed by atoms with Crippen LogP contribution in [0.2, 0.25) is 0 Å². The van der Waals surface area contributed by atoms with Crippen molar-refractivity contribution in [2.75, 3.05) is 13.1 Å². The molecule has 1 heterocycles. The third kappa shape index (κ3) is 5.27. The van der Waals surface area contributed by atoms with Crippen molar-refractivity contribution < 1.29 is 35.3 Å². The lowest BCUT2D eigenvalue weighted by atomic mass is 10.00. The Balaban J connectivity index is 2.21. The maximum atomic E-state index is 12.6. The summed E-state index contributed by atoms with van der Waals surface area (Å²) >= 11 is 0. The van der Waals surface area contributed by atoms with Gasteiger partial charge in [0.25, 0.3) is 0 Å². The van der Waals surface area contributed by atoms with Gasteiger partial charge in [0.05, 0.1) is 0 Å². The minimum Gasteiger partial charge on any atom is -0.444 e. The number of nitrogens with zero attached hydrogens (tertiary/aromatic N) is 1. The quantitative estimate of drug-likeness (QED) is 0.552. The van der Waals surface area contributed by atoms with E-state index in [0.29, 0.717) is 31.5 Å². The van der Waals surface area contributed by atoms with Gasteiger partial charge in [-0.3, -0.25) is 0 Å². The molecule has 1 aliphatic heterocycles. The molecule has 0 atom stereocenters. The normalized spacial score (nSPS) is 15.7. The highest BCUT2D eigenvalue weighted by molar-refractivity contribution is 7.88. The zero-order valence-corrected chi connectivity index (χ0v) is 16.3. The van der Waals surface area contributed by atoms with Crippen LogP contribution >= 0.6 is 0 Å². The molecule has 0 saturated carbocycles. The van der Waals surface area contributed by atoms with Gasteiger partial charge in [-0.25, -0.2) is 4.79 Å². The van der Waals surface area contributed by atoms with Gasteiger partial charge in [0.1, 0.15) is 11.4 Å². The van der Waals surface area contributed by atoms with Crippen molar-refractivity contribution in [3.63, 3.8) is 0 Å². The van der Waals surface area contributed by atoms with Gasteiger partial charge >= 0.3 is 21.7 Å². The topological polar surface area (TPSA) is 72.9 Å². The number of hydrogen-bond donors (Lipinski definition) is 0. The summed E-state index contributed by atoms with van der Waals surface area (Å²) in [5, 5.41) is 0. The Kier molecular flexibility index (Phi) is 5.70. The van der Waals surface area contributed by atoms with Crippen LogP contribution < -0.4 is 4.18 Å². The van der Waals surface area contributed by atoms with Crippen LogP contribution in [0.5, 0.6) is 5.75 Å². The van der Waals surface area contributed by atoms with E-state index in [-0.39, 0.29) is 11.3 Å². The third-order valence-electron chi connectivity index (χ3n) is 3.93. The first-order valence-electron chi connectivity index (χ1n) is 8.31. The number of amides is 1. The number of halogens is 3. The molecule has 1 aliphatic rings. The number of aryl methyl sites for hydroxylation is 1. The Morgan fingerprint density at radius 1 is 1.07 bits per heavy atom. The molecule has 10 heteroatoms. The molecule has 0 radical (unpaired) electrons. The minimum atomic E-state index is -5.74. The Bertz CT molecular complexity index is 828. The number of alkyl halides is 3. The van der Waals surface area contributed by atoms with Crippen LogP contribution in [-0.2, 0) is 27.7 Å². The highest BCUT2D eigenvalue weighted by Gasteiger charge is 2.48. The molecule has 1 amide bonds. The van der Waals surface area contributed by atoms with Crippen LogP contribution in [0.3, 0.4) is 0 Å². The average molecular weight is 409 g/mol. The van der Waals surface area contributed by atoms with Crippen LogP contribution in [-0.4, -0.2) is 43.6 Å². The maximum absolute atomic E-state index is 12.6. The molecule has 0 aromatic heterocycles. The summed E-state index contributed by atoms with van der Waals surface area (Å²) in [6, 6.07) is 2.89. The Labute approximate surface area is 156 Å². The molecule has 152 valence electrons. The standard InChI is InChI=1S/C17H22F3NO5S/c1-11-9-12-5-7-21(15(22)25-16(2,3)4)8-6-13(12)10-14(11)26-27(23,24)17(18,19)20/h9-10H,5-8H2,1-4H3. The highest BCUT2D eigenvalue weighted by Crippen LogP contribution is 2.31. The molecule has 0 aliphatic carbocycles. The molecule has 27 heavy (non-hydrogen) atoms. The number of rotatable bonds is 2. The second-order valence-corrected chi connectivity index (χ2v) is 8.87. The van der Waals surface area contributed by atoms with Crippen molar-refractivity contribution in [2.24, 2.45) is 0 Å². The number of fused-ring (bicyclic) bond motifs is 1. The van der Waals surface area contributed by atoms with Gasteiger partial charge in [0.2, 0.25) is 0 Å². The van der Waals surface area contributed by atoms with E-state index in [4.69, 9.17) is 4.74 Å². The average Bonchev–Trinajstić information content (AvgIpc) is 2.67. The molecule has 1 aromatic rings. The molecule has 1 aromatic carbocycles. The van der Waals surface area contributed by atoms with Crippen molar-refractivity contribution in [1.29, 1.82) is 0 Å². The van der Waals surface area contributed by atoms with Crippen LogP contribution in [0.15, 0.2) is 12.1 Å². The maximum Gasteiger partial charge on any atom is 0.534 e. The number of carbonyl (C=O) groups excluding carboxylic acids is 1. The summed E-state index contributed by atoms with van der Waals surface area (Å²) in [7, 11) is -5.74. The molecule has 0 spiro atoms. The van der Waals surface area contributed by atoms with Crippen molar-refractivity contribution in [1.82, 2.24) is 4.90 Å². The first-order chi connectivity index (χ1) is 12.2. The largest absolute Gasteiger partial charge is 0.534 e. The van der Waals surface area contributed by atoms with Crippen molar-refractivity contribution in [2.45, 2.75) is 51.6 Å². The van der Waals surface area contributed by atoms with Crippen LogP contribution in [0.4, 0.5) is 18.0 Å². The van der Waals surface area contributed by atoms with E-state index in [9.17, 15) is 26.4 Å². The Morgan fingerprint density at radius 2 is 1.59 bits per heavy atom. The zero-order chi connectivity index (χ0) is 20.6. The van der Waals surface area contributed by atoms with Crippen LogP contribution in [0.1, 0.15) is 37.5 Å². The number of ether oxygens (including phenoxy) is 1. The van der Waals surface area contributed by atoms with Crippen molar-refractivity contribution >= 4 is 16.2 Å². The lowest BCUT2D eigenvalue weighted by molar-refractivity contribution is -0.0500. The van der Waals surface area contributed by atoms with Crippen molar-refractivity contribution in [3.8, 4) is 5.75 Å². The Morgan fingerprint density at radius 3 is 2.07 bits per heavy atom. The molecular formula is C17H22F3NO5S. The van der Waals surface area contributed by atoms with Gasteiger partial charge in [0.15, 0.2) is 0 Å². The smallest absolute Gasteiger partial charge is 0.444 e. The lowest BCUT2D eigenvalue weighted by Gasteiger charge is -2.26. The first-order valence-corrected chi connectivity index (χ1v) is 9.71. The van der Waals surface area contributed by atoms with E-state index in [2.05, 4.69) is 4.18 Å². The summed E-state index contributed by atoms with van der Waals surface area (Å²) in [4.78, 5) is 13.7. The molecule has 0 unspecified atom stereocenters. The van der Waals surface area contributed by atoms with E-state index < -0.39 is 27.3 Å². The molecule has 6 nitrogen and oxygen atoms in total. The summed E-state index contributed by atoms with van der Waals surface area (Å²) in [6.45, 7) is 7.43. The van der Waals surface area contributed by atoms with Gasteiger partial charge in [-0.2, -0.15) is 21.6 Å². The monoisotopic (exact) mass is 409 g/mol. The molecule has 0 fully saturated rings. The fourth-order valence-corrected chi connectivity index (χ4v) is 3.15. The first kappa shape index (κ1) is 21.3. The fourth-order valence-electron chi connectivity index (χ4n) is 2.64. The highest BCUT2D eigenvalue weighted by atomic mass is 32.2. The summed E-state index contributed by atoms with van der Waals surface area (Å²) in [5.74, 6) is -0.364. The van der Waals surface area contributed by atoms with Gasteiger partial charge in [-0.05, 0) is 63.3 Å². The fraction of sp³-hybridized carbons (Fsp3) is 0.588. The molecule has 2 rings (SSSR count). The third-order valence-corrected chi connectivity index (χ3v) is 4.90. The van der Waals surface area contributed by atoms with Gasteiger partial charge in [-0.1, -0.05) is 6.07 Å². The zero-order valence-electron chi connectivity index (χ0n) is 15.5. The van der Waals surface area contributed by atoms with Gasteiger partial charge in [0, 0.05) is 13.1 Å². The van der Waals surface area contributed by atoms with E-state index in [1.807, 2.05) is 0 Å². The summed E-state index contributed by atoms with van der Waals surface area (Å²) in [5.41, 5.74) is -4.40.